The molecule has 0 unspecified atom stereocenters. The number of hydrogen-bond donors (Lipinski definition) is 0. The van der Waals surface area contributed by atoms with Gasteiger partial charge in [0.1, 0.15) is 5.75 Å². The van der Waals surface area contributed by atoms with Crippen LogP contribution in [-0.2, 0) is 0 Å². The molecule has 0 aliphatic carbocycles. The summed E-state index contributed by atoms with van der Waals surface area (Å²) in [7, 11) is 1.61. The van der Waals surface area contributed by atoms with E-state index in [1.54, 1.807) is 13.2 Å². The van der Waals surface area contributed by atoms with E-state index in [9.17, 15) is 4.79 Å². The lowest BCUT2D eigenvalue weighted by Crippen LogP contribution is -2.31. The van der Waals surface area contributed by atoms with E-state index in [1.807, 2.05) is 24.0 Å². The minimum absolute atomic E-state index is 0.0781. The van der Waals surface area contributed by atoms with Crippen LogP contribution in [0.4, 0.5) is 0 Å². The molecule has 0 bridgehead atoms. The van der Waals surface area contributed by atoms with Gasteiger partial charge in [0, 0.05) is 18.7 Å². The number of benzene rings is 1. The molecule has 0 aliphatic heterocycles. The zero-order valence-corrected chi connectivity index (χ0v) is 12.8. The van der Waals surface area contributed by atoms with Gasteiger partial charge in [0.05, 0.1) is 11.6 Å². The van der Waals surface area contributed by atoms with E-state index >= 15 is 0 Å². The SMILES string of the molecule is CCCCN(CC)C(=O)c1ccc(OC)c(Br)c1. The molecule has 1 aromatic carbocycles. The highest BCUT2D eigenvalue weighted by atomic mass is 79.9. The maximum atomic E-state index is 12.3. The summed E-state index contributed by atoms with van der Waals surface area (Å²) in [6, 6.07) is 5.43. The number of rotatable bonds is 6. The molecule has 0 saturated carbocycles. The predicted octanol–water partition coefficient (Wildman–Crippen LogP) is 3.72. The predicted molar refractivity (Wildman–Crippen MR) is 77.2 cm³/mol. The second-order valence-corrected chi connectivity index (χ2v) is 4.94. The third kappa shape index (κ3) is 3.73. The highest BCUT2D eigenvalue weighted by molar-refractivity contribution is 9.10. The van der Waals surface area contributed by atoms with Gasteiger partial charge in [-0.05, 0) is 47.5 Å². The Balaban J connectivity index is 2.84. The molecule has 1 rings (SSSR count). The van der Waals surface area contributed by atoms with Crippen molar-refractivity contribution in [1.82, 2.24) is 4.90 Å². The van der Waals surface area contributed by atoms with Crippen molar-refractivity contribution >= 4 is 21.8 Å². The Kier molecular flexibility index (Phi) is 6.19. The Morgan fingerprint density at radius 1 is 1.39 bits per heavy atom. The topological polar surface area (TPSA) is 29.5 Å². The minimum atomic E-state index is 0.0781. The molecule has 0 spiro atoms. The molecule has 0 aliphatic rings. The van der Waals surface area contributed by atoms with Crippen molar-refractivity contribution in [3.05, 3.63) is 28.2 Å². The zero-order valence-electron chi connectivity index (χ0n) is 11.2. The maximum Gasteiger partial charge on any atom is 0.253 e. The van der Waals surface area contributed by atoms with Crippen molar-refractivity contribution in [2.45, 2.75) is 26.7 Å². The fraction of sp³-hybridized carbons (Fsp3) is 0.500. The second kappa shape index (κ2) is 7.41. The molecular weight excluding hydrogens is 294 g/mol. The number of carbonyl (C=O) groups is 1. The third-order valence-corrected chi connectivity index (χ3v) is 3.47. The van der Waals surface area contributed by atoms with Crippen molar-refractivity contribution in [3.8, 4) is 5.75 Å². The van der Waals surface area contributed by atoms with Gasteiger partial charge in [-0.3, -0.25) is 4.79 Å². The van der Waals surface area contributed by atoms with Crippen LogP contribution in [0.3, 0.4) is 0 Å². The Bertz CT molecular complexity index is 407. The largest absolute Gasteiger partial charge is 0.496 e. The molecule has 3 nitrogen and oxygen atoms in total. The van der Waals surface area contributed by atoms with Gasteiger partial charge < -0.3 is 9.64 Å². The van der Waals surface area contributed by atoms with Crippen molar-refractivity contribution in [1.29, 1.82) is 0 Å². The van der Waals surface area contributed by atoms with E-state index in [1.165, 1.54) is 0 Å². The number of halogens is 1. The quantitative estimate of drug-likeness (QED) is 0.801. The first-order valence-electron chi connectivity index (χ1n) is 6.26. The smallest absolute Gasteiger partial charge is 0.253 e. The number of carbonyl (C=O) groups excluding carboxylic acids is 1. The Hall–Kier alpha value is -1.03. The summed E-state index contributed by atoms with van der Waals surface area (Å²) < 4.78 is 5.97. The van der Waals surface area contributed by atoms with Crippen LogP contribution in [0.5, 0.6) is 5.75 Å². The van der Waals surface area contributed by atoms with Crippen LogP contribution < -0.4 is 4.74 Å². The summed E-state index contributed by atoms with van der Waals surface area (Å²) in [5.74, 6) is 0.817. The monoisotopic (exact) mass is 313 g/mol. The number of amides is 1. The second-order valence-electron chi connectivity index (χ2n) is 4.09. The van der Waals surface area contributed by atoms with Crippen molar-refractivity contribution in [2.24, 2.45) is 0 Å². The van der Waals surface area contributed by atoms with E-state index in [0.717, 1.165) is 36.2 Å². The molecule has 4 heteroatoms. The number of methoxy groups -OCH3 is 1. The number of unbranched alkanes of at least 4 members (excludes halogenated alkanes) is 1. The van der Waals surface area contributed by atoms with Gasteiger partial charge in [-0.15, -0.1) is 0 Å². The Morgan fingerprint density at radius 3 is 2.61 bits per heavy atom. The van der Waals surface area contributed by atoms with Crippen LogP contribution in [0.15, 0.2) is 22.7 Å². The maximum absolute atomic E-state index is 12.3. The first-order valence-corrected chi connectivity index (χ1v) is 7.06. The average Bonchev–Trinajstić information content (AvgIpc) is 2.39. The summed E-state index contributed by atoms with van der Waals surface area (Å²) in [6.45, 7) is 5.69. The van der Waals surface area contributed by atoms with Crippen LogP contribution in [0.25, 0.3) is 0 Å². The van der Waals surface area contributed by atoms with Crippen LogP contribution in [-0.4, -0.2) is 31.0 Å². The number of nitrogens with zero attached hydrogens (tertiary/aromatic N) is 1. The fourth-order valence-corrected chi connectivity index (χ4v) is 2.27. The van der Waals surface area contributed by atoms with Crippen LogP contribution in [0.1, 0.15) is 37.0 Å². The third-order valence-electron chi connectivity index (χ3n) is 2.85. The van der Waals surface area contributed by atoms with Gasteiger partial charge in [0.25, 0.3) is 5.91 Å². The molecule has 0 radical (unpaired) electrons. The number of ether oxygens (including phenoxy) is 1. The standard InChI is InChI=1S/C14H20BrNO2/c1-4-6-9-16(5-2)14(17)11-7-8-13(18-3)12(15)10-11/h7-8,10H,4-6,9H2,1-3H3. The van der Waals surface area contributed by atoms with Crippen LogP contribution in [0, 0.1) is 0 Å². The van der Waals surface area contributed by atoms with Crippen molar-refractivity contribution < 1.29 is 9.53 Å². The summed E-state index contributed by atoms with van der Waals surface area (Å²) in [5, 5.41) is 0. The normalized spacial score (nSPS) is 10.2. The first kappa shape index (κ1) is 15.0. The van der Waals surface area contributed by atoms with Crippen molar-refractivity contribution in [3.63, 3.8) is 0 Å². The summed E-state index contributed by atoms with van der Waals surface area (Å²) in [5.41, 5.74) is 0.695. The van der Waals surface area contributed by atoms with Gasteiger partial charge in [-0.25, -0.2) is 0 Å². The van der Waals surface area contributed by atoms with E-state index in [0.29, 0.717) is 5.56 Å². The molecular formula is C14H20BrNO2. The Morgan fingerprint density at radius 2 is 2.11 bits per heavy atom. The molecule has 0 N–H and O–H groups in total. The van der Waals surface area contributed by atoms with Crippen LogP contribution in [0.2, 0.25) is 0 Å². The molecule has 0 heterocycles. The lowest BCUT2D eigenvalue weighted by Gasteiger charge is -2.21. The lowest BCUT2D eigenvalue weighted by atomic mass is 10.2. The molecule has 0 fully saturated rings. The summed E-state index contributed by atoms with van der Waals surface area (Å²) in [6.07, 6.45) is 2.13. The van der Waals surface area contributed by atoms with E-state index in [-0.39, 0.29) is 5.91 Å². The van der Waals surface area contributed by atoms with Gasteiger partial charge in [-0.2, -0.15) is 0 Å². The Labute approximate surface area is 117 Å². The highest BCUT2D eigenvalue weighted by Gasteiger charge is 2.14. The van der Waals surface area contributed by atoms with Gasteiger partial charge in [0.2, 0.25) is 0 Å². The lowest BCUT2D eigenvalue weighted by molar-refractivity contribution is 0.0762. The molecule has 0 saturated heterocycles. The first-order chi connectivity index (χ1) is 8.63. The molecule has 0 aromatic heterocycles. The minimum Gasteiger partial charge on any atom is -0.496 e. The van der Waals surface area contributed by atoms with Crippen LogP contribution >= 0.6 is 15.9 Å². The summed E-state index contributed by atoms with van der Waals surface area (Å²) >= 11 is 3.40. The molecule has 1 aromatic rings. The zero-order chi connectivity index (χ0) is 13.5. The fourth-order valence-electron chi connectivity index (χ4n) is 1.73. The molecule has 18 heavy (non-hydrogen) atoms. The van der Waals surface area contributed by atoms with E-state index in [2.05, 4.69) is 22.9 Å². The highest BCUT2D eigenvalue weighted by Crippen LogP contribution is 2.26. The van der Waals surface area contributed by atoms with E-state index < -0.39 is 0 Å². The van der Waals surface area contributed by atoms with Gasteiger partial charge in [0.15, 0.2) is 0 Å². The van der Waals surface area contributed by atoms with E-state index in [4.69, 9.17) is 4.74 Å². The molecule has 1 amide bonds. The molecule has 100 valence electrons. The summed E-state index contributed by atoms with van der Waals surface area (Å²) in [4.78, 5) is 14.2. The number of hydrogen-bond acceptors (Lipinski definition) is 2. The average molecular weight is 314 g/mol. The van der Waals surface area contributed by atoms with Gasteiger partial charge >= 0.3 is 0 Å². The molecule has 0 atom stereocenters. The van der Waals surface area contributed by atoms with Gasteiger partial charge in [-0.1, -0.05) is 13.3 Å². The van der Waals surface area contributed by atoms with Crippen molar-refractivity contribution in [2.75, 3.05) is 20.2 Å².